The van der Waals surface area contributed by atoms with Gasteiger partial charge >= 0.3 is 6.01 Å². The molecule has 2 aliphatic heterocycles. The summed E-state index contributed by atoms with van der Waals surface area (Å²) in [4.78, 5) is 25.1. The lowest BCUT2D eigenvalue weighted by atomic mass is 10.0. The van der Waals surface area contributed by atoms with Crippen LogP contribution in [0.25, 0.3) is 22.5 Å². The minimum atomic E-state index is -1.00. The maximum atomic E-state index is 13.2. The van der Waals surface area contributed by atoms with Crippen molar-refractivity contribution in [1.29, 1.82) is 0 Å². The van der Waals surface area contributed by atoms with Gasteiger partial charge in [0.05, 0.1) is 35.8 Å². The molecule has 1 fully saturated rings. The van der Waals surface area contributed by atoms with E-state index in [0.29, 0.717) is 30.3 Å². The number of hydrogen-bond acceptors (Lipinski definition) is 9. The average molecular weight is 532 g/mol. The van der Waals surface area contributed by atoms with E-state index < -0.39 is 6.17 Å². The molecule has 2 aromatic heterocycles. The summed E-state index contributed by atoms with van der Waals surface area (Å²) in [5.74, 6) is -0.0877. The number of para-hydroxylation sites is 2. The van der Waals surface area contributed by atoms with Gasteiger partial charge in [-0.15, -0.1) is 5.10 Å². The number of ether oxygens (including phenoxy) is 1. The van der Waals surface area contributed by atoms with E-state index in [1.165, 1.54) is 0 Å². The number of carbonyl (C=O) groups is 1. The number of carbonyl (C=O) groups excluding carboxylic acids is 1. The van der Waals surface area contributed by atoms with Gasteiger partial charge < -0.3 is 24.7 Å². The highest BCUT2D eigenvalue weighted by molar-refractivity contribution is 6.19. The molecule has 40 heavy (non-hydrogen) atoms. The van der Waals surface area contributed by atoms with E-state index in [9.17, 15) is 4.79 Å². The van der Waals surface area contributed by atoms with Crippen molar-refractivity contribution in [2.45, 2.75) is 6.17 Å². The fourth-order valence-corrected chi connectivity index (χ4v) is 4.98. The van der Waals surface area contributed by atoms with Crippen LogP contribution >= 0.6 is 0 Å². The molecular weight excluding hydrogens is 506 g/mol. The highest BCUT2D eigenvalue weighted by atomic mass is 16.5. The number of nitrogens with one attached hydrogen (secondary N) is 2. The largest absolute Gasteiger partial charge is 0.402 e. The molecular formula is C30H25N7O3. The zero-order chi connectivity index (χ0) is 26.9. The molecule has 3 aromatic carbocycles. The maximum absolute atomic E-state index is 13.2. The molecule has 10 nitrogen and oxygen atoms in total. The summed E-state index contributed by atoms with van der Waals surface area (Å²) in [6, 6.07) is 27.4. The van der Waals surface area contributed by atoms with Crippen molar-refractivity contribution in [2.24, 2.45) is 4.99 Å². The molecule has 0 bridgehead atoms. The summed E-state index contributed by atoms with van der Waals surface area (Å²) in [7, 11) is 0. The third-order valence-electron chi connectivity index (χ3n) is 6.94. The van der Waals surface area contributed by atoms with Crippen LogP contribution in [-0.4, -0.2) is 59.3 Å². The van der Waals surface area contributed by atoms with Crippen molar-refractivity contribution >= 4 is 39.9 Å². The topological polar surface area (TPSA) is 118 Å². The average Bonchev–Trinajstić information content (AvgIpc) is 3.43. The van der Waals surface area contributed by atoms with Crippen LogP contribution in [0.3, 0.4) is 0 Å². The van der Waals surface area contributed by atoms with Crippen molar-refractivity contribution < 1.29 is 13.9 Å². The summed E-state index contributed by atoms with van der Waals surface area (Å²) >= 11 is 0. The lowest BCUT2D eigenvalue weighted by Gasteiger charge is -2.29. The van der Waals surface area contributed by atoms with Crippen LogP contribution in [0.4, 0.5) is 17.4 Å². The van der Waals surface area contributed by atoms with Gasteiger partial charge in [-0.3, -0.25) is 4.79 Å². The predicted molar refractivity (Wildman–Crippen MR) is 153 cm³/mol. The van der Waals surface area contributed by atoms with Gasteiger partial charge in [0.25, 0.3) is 11.8 Å². The van der Waals surface area contributed by atoms with E-state index in [4.69, 9.17) is 19.1 Å². The molecule has 0 aliphatic carbocycles. The van der Waals surface area contributed by atoms with Crippen molar-refractivity contribution in [3.8, 4) is 11.6 Å². The molecule has 1 atom stereocenters. The normalized spacial score (nSPS) is 17.1. The zero-order valence-corrected chi connectivity index (χ0v) is 21.4. The Kier molecular flexibility index (Phi) is 6.14. The number of rotatable bonds is 5. The number of fused-ring (bicyclic) bond motifs is 2. The van der Waals surface area contributed by atoms with Crippen LogP contribution in [-0.2, 0) is 9.53 Å². The quantitative estimate of drug-likeness (QED) is 0.344. The van der Waals surface area contributed by atoms with Crippen molar-refractivity contribution in [3.05, 3.63) is 96.1 Å². The van der Waals surface area contributed by atoms with Gasteiger partial charge in [0.2, 0.25) is 6.17 Å². The van der Waals surface area contributed by atoms with Crippen LogP contribution in [0, 0.1) is 0 Å². The Bertz CT molecular complexity index is 1730. The molecule has 7 rings (SSSR count). The molecule has 10 heteroatoms. The number of aliphatic imine (C=N–C) groups is 1. The summed E-state index contributed by atoms with van der Waals surface area (Å²) < 4.78 is 11.6. The van der Waals surface area contributed by atoms with Crippen LogP contribution in [0.15, 0.2) is 94.3 Å². The number of morpholine rings is 1. The highest BCUT2D eigenvalue weighted by Gasteiger charge is 2.28. The van der Waals surface area contributed by atoms with Gasteiger partial charge in [-0.2, -0.15) is 0 Å². The van der Waals surface area contributed by atoms with Crippen LogP contribution in [0.2, 0.25) is 0 Å². The second-order valence-corrected chi connectivity index (χ2v) is 9.49. The van der Waals surface area contributed by atoms with E-state index >= 15 is 0 Å². The number of benzodiazepines with no additional fused rings is 1. The second kappa shape index (κ2) is 10.2. The number of nitrogens with zero attached hydrogens (tertiary/aromatic N) is 5. The zero-order valence-electron chi connectivity index (χ0n) is 21.4. The van der Waals surface area contributed by atoms with Gasteiger partial charge in [0, 0.05) is 29.6 Å². The Morgan fingerprint density at radius 2 is 1.68 bits per heavy atom. The Morgan fingerprint density at radius 1 is 0.900 bits per heavy atom. The molecule has 5 aromatic rings. The van der Waals surface area contributed by atoms with E-state index in [1.54, 1.807) is 0 Å². The molecule has 2 N–H and O–H groups in total. The van der Waals surface area contributed by atoms with Gasteiger partial charge in [-0.05, 0) is 18.2 Å². The first kappa shape index (κ1) is 24.0. The smallest absolute Gasteiger partial charge is 0.317 e. The van der Waals surface area contributed by atoms with Crippen molar-refractivity contribution in [1.82, 2.24) is 15.2 Å². The Balaban J connectivity index is 1.25. The molecule has 2 aliphatic rings. The number of amides is 1. The first-order chi connectivity index (χ1) is 19.7. The molecule has 198 valence electrons. The summed E-state index contributed by atoms with van der Waals surface area (Å²) in [5, 5.41) is 15.5. The summed E-state index contributed by atoms with van der Waals surface area (Å²) in [5.41, 5.74) is 5.36. The molecule has 0 radical (unpaired) electrons. The van der Waals surface area contributed by atoms with Gasteiger partial charge in [-0.1, -0.05) is 71.8 Å². The van der Waals surface area contributed by atoms with Crippen molar-refractivity contribution in [3.63, 3.8) is 0 Å². The minimum Gasteiger partial charge on any atom is -0.402 e. The molecule has 1 unspecified atom stereocenters. The molecule has 4 heterocycles. The number of benzene rings is 3. The van der Waals surface area contributed by atoms with Crippen LogP contribution in [0.1, 0.15) is 11.1 Å². The number of hydrogen-bond donors (Lipinski definition) is 2. The first-order valence-electron chi connectivity index (χ1n) is 13.1. The number of anilines is 3. The Morgan fingerprint density at radius 3 is 2.55 bits per heavy atom. The van der Waals surface area contributed by atoms with Gasteiger partial charge in [0.1, 0.15) is 0 Å². The SMILES string of the molecule is O=C1Nc2ccccc2C(c2ccccc2)=NC1Nc1nnc(-c2nc3ccccc3cc2N2CCOCC2)o1. The molecule has 1 amide bonds. The molecule has 0 spiro atoms. The second-order valence-electron chi connectivity index (χ2n) is 9.49. The van der Waals surface area contributed by atoms with Gasteiger partial charge in [0.15, 0.2) is 5.69 Å². The highest BCUT2D eigenvalue weighted by Crippen LogP contribution is 2.33. The first-order valence-corrected chi connectivity index (χ1v) is 13.1. The molecule has 1 saturated heterocycles. The van der Waals surface area contributed by atoms with E-state index in [0.717, 1.165) is 40.8 Å². The van der Waals surface area contributed by atoms with Crippen LogP contribution < -0.4 is 15.5 Å². The van der Waals surface area contributed by atoms with E-state index in [1.807, 2.05) is 78.9 Å². The standard InChI is InChI=1S/C30H25N7O3/c38-28-27(33-25(19-8-2-1-3-9-19)21-11-5-7-13-23(21)32-28)34-30-36-35-29(40-30)26-24(37-14-16-39-17-15-37)18-20-10-4-6-12-22(20)31-26/h1-13,18,27H,14-17H2,(H,32,38)(H,34,36). The fraction of sp³-hybridized carbons (Fsp3) is 0.167. The maximum Gasteiger partial charge on any atom is 0.317 e. The third-order valence-corrected chi connectivity index (χ3v) is 6.94. The van der Waals surface area contributed by atoms with Crippen molar-refractivity contribution in [2.75, 3.05) is 41.8 Å². The lowest BCUT2D eigenvalue weighted by Crippen LogP contribution is -2.36. The fourth-order valence-electron chi connectivity index (χ4n) is 4.98. The predicted octanol–water partition coefficient (Wildman–Crippen LogP) is 4.35. The Labute approximate surface area is 229 Å². The third kappa shape index (κ3) is 4.54. The van der Waals surface area contributed by atoms with Gasteiger partial charge in [-0.25, -0.2) is 9.98 Å². The monoisotopic (exact) mass is 531 g/mol. The minimum absolute atomic E-state index is 0.0696. The Hall–Kier alpha value is -5.09. The number of aromatic nitrogens is 3. The van der Waals surface area contributed by atoms with E-state index in [-0.39, 0.29) is 17.8 Å². The summed E-state index contributed by atoms with van der Waals surface area (Å²) in [6.07, 6.45) is -1.00. The number of pyridine rings is 1. The van der Waals surface area contributed by atoms with Crippen LogP contribution in [0.5, 0.6) is 0 Å². The summed E-state index contributed by atoms with van der Waals surface area (Å²) in [6.45, 7) is 2.71. The molecule has 0 saturated carbocycles. The lowest BCUT2D eigenvalue weighted by molar-refractivity contribution is -0.116. The van der Waals surface area contributed by atoms with E-state index in [2.05, 4.69) is 31.8 Å².